The first-order valence-corrected chi connectivity index (χ1v) is 9.90. The fourth-order valence-electron chi connectivity index (χ4n) is 2.20. The highest BCUT2D eigenvalue weighted by Crippen LogP contribution is 2.25. The van der Waals surface area contributed by atoms with Crippen molar-refractivity contribution in [3.63, 3.8) is 0 Å². The molecule has 2 aromatic carbocycles. The molecule has 2 amide bonds. The van der Waals surface area contributed by atoms with Crippen LogP contribution >= 0.6 is 0 Å². The van der Waals surface area contributed by atoms with Gasteiger partial charge in [0.1, 0.15) is 12.4 Å². The van der Waals surface area contributed by atoms with Crippen LogP contribution in [-0.2, 0) is 9.84 Å². The van der Waals surface area contributed by atoms with Gasteiger partial charge >= 0.3 is 6.03 Å². The predicted molar refractivity (Wildman–Crippen MR) is 102 cm³/mol. The van der Waals surface area contributed by atoms with Crippen LogP contribution < -0.4 is 10.1 Å². The number of ether oxygens (including phenoxy) is 1. The highest BCUT2D eigenvalue weighted by molar-refractivity contribution is 7.92. The van der Waals surface area contributed by atoms with Crippen molar-refractivity contribution >= 4 is 21.6 Å². The van der Waals surface area contributed by atoms with Gasteiger partial charge in [0, 0.05) is 7.05 Å². The fourth-order valence-corrected chi connectivity index (χ4v) is 3.40. The number of hydrogen-bond donors (Lipinski definition) is 1. The molecule has 2 aromatic rings. The Bertz CT molecular complexity index is 836. The number of nitrogens with one attached hydrogen (secondary N) is 1. The van der Waals surface area contributed by atoms with Gasteiger partial charge in [-0.05, 0) is 38.1 Å². The van der Waals surface area contributed by atoms with Crippen LogP contribution in [-0.4, -0.2) is 44.8 Å². The molecule has 0 aromatic heterocycles. The number of benzene rings is 2. The van der Waals surface area contributed by atoms with E-state index in [2.05, 4.69) is 5.32 Å². The average molecular weight is 376 g/mol. The van der Waals surface area contributed by atoms with Crippen molar-refractivity contribution in [3.8, 4) is 5.75 Å². The van der Waals surface area contributed by atoms with Crippen molar-refractivity contribution < 1.29 is 17.9 Å². The van der Waals surface area contributed by atoms with Crippen LogP contribution in [0.2, 0.25) is 0 Å². The maximum atomic E-state index is 12.4. The zero-order chi connectivity index (χ0) is 19.2. The Morgan fingerprint density at radius 1 is 1.08 bits per heavy atom. The molecule has 0 atom stereocenters. The van der Waals surface area contributed by atoms with E-state index in [9.17, 15) is 13.2 Å². The number of amides is 2. The molecular weight excluding hydrogens is 352 g/mol. The second kappa shape index (κ2) is 8.71. The second-order valence-corrected chi connectivity index (χ2v) is 8.58. The lowest BCUT2D eigenvalue weighted by atomic mass is 10.3. The van der Waals surface area contributed by atoms with Gasteiger partial charge in [-0.2, -0.15) is 0 Å². The summed E-state index contributed by atoms with van der Waals surface area (Å²) in [5, 5.41) is 2.10. The minimum atomic E-state index is -3.49. The number of carbonyl (C=O) groups is 1. The van der Waals surface area contributed by atoms with Crippen LogP contribution in [0.1, 0.15) is 13.8 Å². The van der Waals surface area contributed by atoms with Gasteiger partial charge in [-0.3, -0.25) is 0 Å². The number of para-hydroxylation sites is 2. The molecule has 7 heteroatoms. The Kier molecular flexibility index (Phi) is 6.63. The summed E-state index contributed by atoms with van der Waals surface area (Å²) < 4.78 is 30.5. The molecule has 1 N–H and O–H groups in total. The van der Waals surface area contributed by atoms with Gasteiger partial charge in [-0.25, -0.2) is 13.2 Å². The summed E-state index contributed by atoms with van der Waals surface area (Å²) in [6.45, 7) is 3.92. The highest BCUT2D eigenvalue weighted by Gasteiger charge is 2.23. The van der Waals surface area contributed by atoms with Gasteiger partial charge in [0.15, 0.2) is 9.84 Å². The SMILES string of the molecule is CC(C)S(=O)(=O)c1ccccc1NC(=O)N(C)CCOc1ccccc1. The first kappa shape index (κ1) is 19.8. The van der Waals surface area contributed by atoms with E-state index in [0.29, 0.717) is 13.2 Å². The maximum absolute atomic E-state index is 12.4. The minimum Gasteiger partial charge on any atom is -0.492 e. The standard InChI is InChI=1S/C19H24N2O4S/c1-15(2)26(23,24)18-12-8-7-11-17(18)20-19(22)21(3)13-14-25-16-9-5-4-6-10-16/h4-12,15H,13-14H2,1-3H3,(H,20,22). The first-order chi connectivity index (χ1) is 12.3. The molecule has 2 rings (SSSR count). The van der Waals surface area contributed by atoms with Crippen molar-refractivity contribution in [1.29, 1.82) is 0 Å². The van der Waals surface area contributed by atoms with Crippen molar-refractivity contribution in [2.45, 2.75) is 24.0 Å². The van der Waals surface area contributed by atoms with Crippen LogP contribution in [0.3, 0.4) is 0 Å². The van der Waals surface area contributed by atoms with E-state index in [0.717, 1.165) is 5.75 Å². The summed E-state index contributed by atoms with van der Waals surface area (Å²) in [4.78, 5) is 13.9. The fraction of sp³-hybridized carbons (Fsp3) is 0.316. The van der Waals surface area contributed by atoms with Crippen LogP contribution in [0.15, 0.2) is 59.5 Å². The van der Waals surface area contributed by atoms with Crippen molar-refractivity contribution in [2.75, 3.05) is 25.5 Å². The normalized spacial score (nSPS) is 11.2. The molecule has 0 saturated carbocycles. The molecule has 26 heavy (non-hydrogen) atoms. The molecule has 0 bridgehead atoms. The van der Waals surface area contributed by atoms with Crippen LogP contribution in [0.4, 0.5) is 10.5 Å². The number of urea groups is 1. The van der Waals surface area contributed by atoms with Crippen LogP contribution in [0.5, 0.6) is 5.75 Å². The number of hydrogen-bond acceptors (Lipinski definition) is 4. The van der Waals surface area contributed by atoms with E-state index in [1.54, 1.807) is 39.1 Å². The summed E-state index contributed by atoms with van der Waals surface area (Å²) in [6, 6.07) is 15.3. The molecule has 0 radical (unpaired) electrons. The van der Waals surface area contributed by atoms with Gasteiger partial charge in [-0.1, -0.05) is 30.3 Å². The Labute approximate surface area is 154 Å². The van der Waals surface area contributed by atoms with Gasteiger partial charge in [0.25, 0.3) is 0 Å². The topological polar surface area (TPSA) is 75.7 Å². The van der Waals surface area contributed by atoms with Gasteiger partial charge in [0.2, 0.25) is 0 Å². The van der Waals surface area contributed by atoms with Gasteiger partial charge in [0.05, 0.1) is 22.4 Å². The number of anilines is 1. The highest BCUT2D eigenvalue weighted by atomic mass is 32.2. The molecule has 0 heterocycles. The molecule has 0 fully saturated rings. The second-order valence-electron chi connectivity index (χ2n) is 6.10. The summed E-state index contributed by atoms with van der Waals surface area (Å²) in [5.41, 5.74) is 0.280. The van der Waals surface area contributed by atoms with E-state index in [1.165, 1.54) is 11.0 Å². The zero-order valence-electron chi connectivity index (χ0n) is 15.2. The third kappa shape index (κ3) is 4.98. The molecule has 0 aliphatic carbocycles. The summed E-state index contributed by atoms with van der Waals surface area (Å²) in [7, 11) is -1.86. The van der Waals surface area contributed by atoms with E-state index in [1.807, 2.05) is 30.3 Å². The van der Waals surface area contributed by atoms with E-state index >= 15 is 0 Å². The van der Waals surface area contributed by atoms with Crippen LogP contribution in [0, 0.1) is 0 Å². The number of carbonyl (C=O) groups excluding carboxylic acids is 1. The van der Waals surface area contributed by atoms with Crippen molar-refractivity contribution in [2.24, 2.45) is 0 Å². The smallest absolute Gasteiger partial charge is 0.321 e. The van der Waals surface area contributed by atoms with E-state index in [4.69, 9.17) is 4.74 Å². The molecule has 0 saturated heterocycles. The maximum Gasteiger partial charge on any atom is 0.321 e. The number of likely N-dealkylation sites (N-methyl/N-ethyl adjacent to an activating group) is 1. The third-order valence-electron chi connectivity index (χ3n) is 3.84. The number of sulfone groups is 1. The van der Waals surface area contributed by atoms with Crippen molar-refractivity contribution in [3.05, 3.63) is 54.6 Å². The lowest BCUT2D eigenvalue weighted by Crippen LogP contribution is -2.35. The number of rotatable bonds is 7. The van der Waals surface area contributed by atoms with Gasteiger partial charge < -0.3 is 15.0 Å². The lowest BCUT2D eigenvalue weighted by Gasteiger charge is -2.20. The molecule has 0 aliphatic heterocycles. The largest absolute Gasteiger partial charge is 0.492 e. The Morgan fingerprint density at radius 3 is 2.35 bits per heavy atom. The van der Waals surface area contributed by atoms with E-state index in [-0.39, 0.29) is 10.6 Å². The molecule has 0 spiro atoms. The molecule has 140 valence electrons. The average Bonchev–Trinajstić information content (AvgIpc) is 2.62. The first-order valence-electron chi connectivity index (χ1n) is 8.35. The molecular formula is C19H24N2O4S. The Balaban J connectivity index is 1.99. The molecule has 6 nitrogen and oxygen atoms in total. The third-order valence-corrected chi connectivity index (χ3v) is 6.05. The van der Waals surface area contributed by atoms with Crippen molar-refractivity contribution in [1.82, 2.24) is 4.90 Å². The summed E-state index contributed by atoms with van der Waals surface area (Å²) in [6.07, 6.45) is 0. The van der Waals surface area contributed by atoms with E-state index < -0.39 is 21.1 Å². The van der Waals surface area contributed by atoms with Crippen LogP contribution in [0.25, 0.3) is 0 Å². The Hall–Kier alpha value is -2.54. The quantitative estimate of drug-likeness (QED) is 0.803. The minimum absolute atomic E-state index is 0.122. The predicted octanol–water partition coefficient (Wildman–Crippen LogP) is 3.41. The number of nitrogens with zero attached hydrogens (tertiary/aromatic N) is 1. The van der Waals surface area contributed by atoms with Gasteiger partial charge in [-0.15, -0.1) is 0 Å². The Morgan fingerprint density at radius 2 is 1.69 bits per heavy atom. The summed E-state index contributed by atoms with van der Waals surface area (Å²) in [5.74, 6) is 0.731. The zero-order valence-corrected chi connectivity index (χ0v) is 16.0. The summed E-state index contributed by atoms with van der Waals surface area (Å²) >= 11 is 0. The molecule has 0 aliphatic rings. The lowest BCUT2D eigenvalue weighted by molar-refractivity contribution is 0.207. The molecule has 0 unspecified atom stereocenters. The monoisotopic (exact) mass is 376 g/mol.